The van der Waals surface area contributed by atoms with Crippen molar-refractivity contribution in [2.45, 2.75) is 19.3 Å². The van der Waals surface area contributed by atoms with E-state index in [9.17, 15) is 13.6 Å². The minimum Gasteiger partial charge on any atom is -0.294 e. The zero-order chi connectivity index (χ0) is 13.4. The fourth-order valence-electron chi connectivity index (χ4n) is 2.51. The lowest BCUT2D eigenvalue weighted by Crippen LogP contribution is -2.11. The monoisotopic (exact) mass is 258 g/mol. The second-order valence-corrected chi connectivity index (χ2v) is 4.77. The first kappa shape index (κ1) is 12.0. The maximum atomic E-state index is 14.1. The van der Waals surface area contributed by atoms with Crippen LogP contribution in [0.3, 0.4) is 0 Å². The minimum absolute atomic E-state index is 0.00538. The third kappa shape index (κ3) is 2.16. The summed E-state index contributed by atoms with van der Waals surface area (Å²) in [6, 6.07) is 8.73. The minimum atomic E-state index is -0.430. The lowest BCUT2D eigenvalue weighted by Gasteiger charge is -2.16. The zero-order valence-electron chi connectivity index (χ0n) is 10.2. The van der Waals surface area contributed by atoms with Crippen molar-refractivity contribution in [1.29, 1.82) is 0 Å². The standard InChI is InChI=1S/C16H12F2O/c17-12-6-4-10(5-7-12)13-8-11-2-1-3-16(19)14(11)9-15(13)18/h4-9H,1-3H2. The molecule has 0 radical (unpaired) electrons. The maximum Gasteiger partial charge on any atom is 0.163 e. The van der Waals surface area contributed by atoms with Gasteiger partial charge < -0.3 is 0 Å². The molecule has 0 heterocycles. The van der Waals surface area contributed by atoms with Gasteiger partial charge in [-0.1, -0.05) is 12.1 Å². The van der Waals surface area contributed by atoms with Gasteiger partial charge in [0.25, 0.3) is 0 Å². The van der Waals surface area contributed by atoms with Crippen LogP contribution in [0.1, 0.15) is 28.8 Å². The Kier molecular flexibility index (Phi) is 2.90. The Morgan fingerprint density at radius 2 is 1.63 bits per heavy atom. The number of aryl methyl sites for hydroxylation is 1. The van der Waals surface area contributed by atoms with E-state index in [4.69, 9.17) is 0 Å². The summed E-state index contributed by atoms with van der Waals surface area (Å²) >= 11 is 0. The Labute approximate surface area is 109 Å². The van der Waals surface area contributed by atoms with Gasteiger partial charge in [-0.05, 0) is 48.2 Å². The molecule has 0 saturated heterocycles. The first-order valence-electron chi connectivity index (χ1n) is 6.27. The van der Waals surface area contributed by atoms with Crippen LogP contribution in [-0.2, 0) is 6.42 Å². The van der Waals surface area contributed by atoms with Crippen molar-refractivity contribution in [3.05, 3.63) is 59.2 Å². The van der Waals surface area contributed by atoms with Crippen molar-refractivity contribution in [3.63, 3.8) is 0 Å². The molecular weight excluding hydrogens is 246 g/mol. The first-order valence-corrected chi connectivity index (χ1v) is 6.27. The van der Waals surface area contributed by atoms with Gasteiger partial charge in [-0.15, -0.1) is 0 Å². The van der Waals surface area contributed by atoms with Crippen LogP contribution in [0.15, 0.2) is 36.4 Å². The number of hydrogen-bond donors (Lipinski definition) is 0. The summed E-state index contributed by atoms with van der Waals surface area (Å²) in [5.74, 6) is -0.774. The van der Waals surface area contributed by atoms with Gasteiger partial charge in [0.15, 0.2) is 5.78 Å². The highest BCUT2D eigenvalue weighted by Crippen LogP contribution is 2.30. The van der Waals surface area contributed by atoms with Crippen LogP contribution in [0.5, 0.6) is 0 Å². The van der Waals surface area contributed by atoms with E-state index in [2.05, 4.69) is 0 Å². The molecule has 0 saturated carbocycles. The molecule has 0 spiro atoms. The SMILES string of the molecule is O=C1CCCc2cc(-c3ccc(F)cc3)c(F)cc21. The molecule has 0 atom stereocenters. The molecule has 0 unspecified atom stereocenters. The molecule has 3 rings (SSSR count). The van der Waals surface area contributed by atoms with Crippen LogP contribution in [0, 0.1) is 11.6 Å². The molecule has 2 aromatic rings. The van der Waals surface area contributed by atoms with Crippen LogP contribution in [-0.4, -0.2) is 5.78 Å². The van der Waals surface area contributed by atoms with Crippen molar-refractivity contribution in [1.82, 2.24) is 0 Å². The molecule has 3 heteroatoms. The number of hydrogen-bond acceptors (Lipinski definition) is 1. The van der Waals surface area contributed by atoms with Gasteiger partial charge >= 0.3 is 0 Å². The number of rotatable bonds is 1. The smallest absolute Gasteiger partial charge is 0.163 e. The Morgan fingerprint density at radius 1 is 0.895 bits per heavy atom. The number of halogens is 2. The molecule has 1 nitrogen and oxygen atoms in total. The number of fused-ring (bicyclic) bond motifs is 1. The molecule has 2 aromatic carbocycles. The lowest BCUT2D eigenvalue weighted by atomic mass is 9.88. The summed E-state index contributed by atoms with van der Waals surface area (Å²) in [6.45, 7) is 0. The number of benzene rings is 2. The fourth-order valence-corrected chi connectivity index (χ4v) is 2.51. The van der Waals surface area contributed by atoms with Crippen LogP contribution in [0.25, 0.3) is 11.1 Å². The van der Waals surface area contributed by atoms with Gasteiger partial charge in [-0.25, -0.2) is 8.78 Å². The first-order chi connectivity index (χ1) is 9.15. The van der Waals surface area contributed by atoms with E-state index in [-0.39, 0.29) is 11.6 Å². The average molecular weight is 258 g/mol. The third-order valence-corrected chi connectivity index (χ3v) is 3.50. The summed E-state index contributed by atoms with van der Waals surface area (Å²) in [5.41, 5.74) is 2.43. The second-order valence-electron chi connectivity index (χ2n) is 4.77. The number of ketones is 1. The van der Waals surface area contributed by atoms with Crippen molar-refractivity contribution >= 4 is 5.78 Å². The summed E-state index contributed by atoms with van der Waals surface area (Å²) < 4.78 is 27.0. The van der Waals surface area contributed by atoms with E-state index >= 15 is 0 Å². The summed E-state index contributed by atoms with van der Waals surface area (Å²) in [4.78, 5) is 11.7. The van der Waals surface area contributed by atoms with E-state index in [1.165, 1.54) is 18.2 Å². The molecule has 0 aliphatic heterocycles. The third-order valence-electron chi connectivity index (χ3n) is 3.50. The van der Waals surface area contributed by atoms with E-state index in [0.29, 0.717) is 23.1 Å². The van der Waals surface area contributed by atoms with Crippen LogP contribution >= 0.6 is 0 Å². The highest BCUT2D eigenvalue weighted by molar-refractivity contribution is 5.99. The van der Waals surface area contributed by atoms with Gasteiger partial charge in [0.2, 0.25) is 0 Å². The molecule has 0 bridgehead atoms. The molecule has 0 aromatic heterocycles. The van der Waals surface area contributed by atoms with Crippen molar-refractivity contribution in [2.24, 2.45) is 0 Å². The quantitative estimate of drug-likeness (QED) is 0.751. The summed E-state index contributed by atoms with van der Waals surface area (Å²) in [7, 11) is 0. The highest BCUT2D eigenvalue weighted by atomic mass is 19.1. The second kappa shape index (κ2) is 4.57. The summed E-state index contributed by atoms with van der Waals surface area (Å²) in [6.07, 6.45) is 2.08. The Balaban J connectivity index is 2.12. The van der Waals surface area contributed by atoms with Gasteiger partial charge in [0.05, 0.1) is 0 Å². The predicted molar refractivity (Wildman–Crippen MR) is 69.1 cm³/mol. The van der Waals surface area contributed by atoms with Crippen LogP contribution in [0.4, 0.5) is 8.78 Å². The topological polar surface area (TPSA) is 17.1 Å². The molecule has 96 valence electrons. The lowest BCUT2D eigenvalue weighted by molar-refractivity contribution is 0.0972. The van der Waals surface area contributed by atoms with Gasteiger partial charge in [0, 0.05) is 17.5 Å². The van der Waals surface area contributed by atoms with E-state index < -0.39 is 5.82 Å². The van der Waals surface area contributed by atoms with E-state index in [1.807, 2.05) is 0 Å². The molecule has 0 N–H and O–H groups in total. The molecule has 19 heavy (non-hydrogen) atoms. The summed E-state index contributed by atoms with van der Waals surface area (Å²) in [5, 5.41) is 0. The number of carbonyl (C=O) groups excluding carboxylic acids is 1. The number of carbonyl (C=O) groups is 1. The van der Waals surface area contributed by atoms with Crippen molar-refractivity contribution in [3.8, 4) is 11.1 Å². The Morgan fingerprint density at radius 3 is 2.37 bits per heavy atom. The normalized spacial score (nSPS) is 14.3. The Hall–Kier alpha value is -2.03. The molecular formula is C16H12F2O. The van der Waals surface area contributed by atoms with Gasteiger partial charge in [0.1, 0.15) is 11.6 Å². The van der Waals surface area contributed by atoms with E-state index in [0.717, 1.165) is 18.4 Å². The maximum absolute atomic E-state index is 14.1. The highest BCUT2D eigenvalue weighted by Gasteiger charge is 2.20. The van der Waals surface area contributed by atoms with Crippen molar-refractivity contribution < 1.29 is 13.6 Å². The molecule has 0 amide bonds. The van der Waals surface area contributed by atoms with Crippen molar-refractivity contribution in [2.75, 3.05) is 0 Å². The molecule has 1 aliphatic carbocycles. The largest absolute Gasteiger partial charge is 0.294 e. The fraction of sp³-hybridized carbons (Fsp3) is 0.188. The van der Waals surface area contributed by atoms with Crippen LogP contribution in [0.2, 0.25) is 0 Å². The van der Waals surface area contributed by atoms with Crippen LogP contribution < -0.4 is 0 Å². The average Bonchev–Trinajstić information content (AvgIpc) is 2.40. The Bertz CT molecular complexity index is 645. The van der Waals surface area contributed by atoms with E-state index in [1.54, 1.807) is 18.2 Å². The van der Waals surface area contributed by atoms with Gasteiger partial charge in [-0.3, -0.25) is 4.79 Å². The molecule has 1 aliphatic rings. The zero-order valence-corrected chi connectivity index (χ0v) is 10.2. The molecule has 0 fully saturated rings. The van der Waals surface area contributed by atoms with Gasteiger partial charge in [-0.2, -0.15) is 0 Å². The number of Topliss-reactive ketones (excluding diaryl/α,β-unsaturated/α-hetero) is 1. The predicted octanol–water partition coefficient (Wildman–Crippen LogP) is 4.15.